The maximum absolute atomic E-state index is 13.3. The Morgan fingerprint density at radius 3 is 2.38 bits per heavy atom. The van der Waals surface area contributed by atoms with Gasteiger partial charge in [-0.15, -0.1) is 0 Å². The SMILES string of the molecule is Cn1c(=O)n(C)c2cc(C(Br)c3cccc(F)c3)ccc21. The number of nitrogens with zero attached hydrogens (tertiary/aromatic N) is 2. The highest BCUT2D eigenvalue weighted by molar-refractivity contribution is 9.09. The van der Waals surface area contributed by atoms with E-state index in [9.17, 15) is 9.18 Å². The number of rotatable bonds is 2. The molecular formula is C16H14BrFN2O. The third kappa shape index (κ3) is 2.31. The predicted octanol–water partition coefficient (Wildman–Crippen LogP) is 3.50. The van der Waals surface area contributed by atoms with Crippen LogP contribution in [0.5, 0.6) is 0 Å². The van der Waals surface area contributed by atoms with Crippen molar-refractivity contribution in [2.24, 2.45) is 14.1 Å². The number of alkyl halides is 1. The second-order valence-corrected chi connectivity index (χ2v) is 5.98. The smallest absolute Gasteiger partial charge is 0.295 e. The van der Waals surface area contributed by atoms with Crippen molar-refractivity contribution in [3.8, 4) is 0 Å². The van der Waals surface area contributed by atoms with Crippen LogP contribution in [0, 0.1) is 5.82 Å². The summed E-state index contributed by atoms with van der Waals surface area (Å²) in [5, 5.41) is 0. The van der Waals surface area contributed by atoms with Crippen LogP contribution in [-0.2, 0) is 14.1 Å². The van der Waals surface area contributed by atoms with Gasteiger partial charge in [-0.1, -0.05) is 34.1 Å². The molecule has 0 aliphatic heterocycles. The van der Waals surface area contributed by atoms with Crippen LogP contribution < -0.4 is 5.69 Å². The Hall–Kier alpha value is -1.88. The number of fused-ring (bicyclic) bond motifs is 1. The van der Waals surface area contributed by atoms with Crippen LogP contribution in [-0.4, -0.2) is 9.13 Å². The molecule has 5 heteroatoms. The molecule has 0 spiro atoms. The van der Waals surface area contributed by atoms with Gasteiger partial charge in [0, 0.05) is 14.1 Å². The van der Waals surface area contributed by atoms with E-state index >= 15 is 0 Å². The monoisotopic (exact) mass is 348 g/mol. The molecule has 2 aromatic carbocycles. The average Bonchev–Trinajstić information content (AvgIpc) is 2.71. The van der Waals surface area contributed by atoms with Crippen molar-refractivity contribution in [1.29, 1.82) is 0 Å². The summed E-state index contributed by atoms with van der Waals surface area (Å²) in [6, 6.07) is 12.3. The summed E-state index contributed by atoms with van der Waals surface area (Å²) in [4.78, 5) is 11.8. The number of imidazole rings is 1. The van der Waals surface area contributed by atoms with Gasteiger partial charge in [0.2, 0.25) is 0 Å². The predicted molar refractivity (Wildman–Crippen MR) is 85.3 cm³/mol. The topological polar surface area (TPSA) is 26.9 Å². The van der Waals surface area contributed by atoms with Crippen molar-refractivity contribution in [2.75, 3.05) is 0 Å². The van der Waals surface area contributed by atoms with E-state index in [4.69, 9.17) is 0 Å². The van der Waals surface area contributed by atoms with Gasteiger partial charge in [0.15, 0.2) is 0 Å². The number of aromatic nitrogens is 2. The molecule has 1 aromatic heterocycles. The number of hydrogen-bond donors (Lipinski definition) is 0. The van der Waals surface area contributed by atoms with E-state index in [0.717, 1.165) is 22.2 Å². The summed E-state index contributed by atoms with van der Waals surface area (Å²) in [7, 11) is 3.50. The molecule has 0 saturated heterocycles. The van der Waals surface area contributed by atoms with Crippen LogP contribution in [0.1, 0.15) is 16.0 Å². The van der Waals surface area contributed by atoms with E-state index in [0.29, 0.717) is 0 Å². The van der Waals surface area contributed by atoms with Crippen molar-refractivity contribution in [2.45, 2.75) is 4.83 Å². The van der Waals surface area contributed by atoms with E-state index in [2.05, 4.69) is 15.9 Å². The summed E-state index contributed by atoms with van der Waals surface area (Å²) >= 11 is 3.60. The summed E-state index contributed by atoms with van der Waals surface area (Å²) in [5.74, 6) is -0.259. The van der Waals surface area contributed by atoms with Crippen molar-refractivity contribution in [1.82, 2.24) is 9.13 Å². The lowest BCUT2D eigenvalue weighted by atomic mass is 10.0. The van der Waals surface area contributed by atoms with E-state index < -0.39 is 0 Å². The quantitative estimate of drug-likeness (QED) is 0.651. The van der Waals surface area contributed by atoms with Gasteiger partial charge in [-0.25, -0.2) is 9.18 Å². The van der Waals surface area contributed by atoms with Crippen LogP contribution in [0.4, 0.5) is 4.39 Å². The Balaban J connectivity index is 2.13. The number of aryl methyl sites for hydroxylation is 2. The van der Waals surface area contributed by atoms with Crippen LogP contribution >= 0.6 is 15.9 Å². The fraction of sp³-hybridized carbons (Fsp3) is 0.188. The van der Waals surface area contributed by atoms with E-state index in [1.807, 2.05) is 24.3 Å². The lowest BCUT2D eigenvalue weighted by Crippen LogP contribution is -2.19. The fourth-order valence-electron chi connectivity index (χ4n) is 2.54. The van der Waals surface area contributed by atoms with Crippen molar-refractivity contribution in [3.05, 3.63) is 69.9 Å². The average molecular weight is 349 g/mol. The lowest BCUT2D eigenvalue weighted by Gasteiger charge is -2.11. The van der Waals surface area contributed by atoms with Crippen LogP contribution in [0.15, 0.2) is 47.3 Å². The molecule has 0 saturated carbocycles. The highest BCUT2D eigenvalue weighted by Gasteiger charge is 2.14. The van der Waals surface area contributed by atoms with Crippen molar-refractivity contribution < 1.29 is 4.39 Å². The van der Waals surface area contributed by atoms with E-state index in [1.54, 1.807) is 29.3 Å². The zero-order valence-corrected chi connectivity index (χ0v) is 13.3. The molecule has 0 radical (unpaired) electrons. The number of halogens is 2. The maximum Gasteiger partial charge on any atom is 0.328 e. The second-order valence-electron chi connectivity index (χ2n) is 5.07. The molecular weight excluding hydrogens is 335 g/mol. The number of benzene rings is 2. The van der Waals surface area contributed by atoms with E-state index in [1.165, 1.54) is 12.1 Å². The van der Waals surface area contributed by atoms with Gasteiger partial charge in [0.05, 0.1) is 15.9 Å². The Kier molecular flexibility index (Phi) is 3.45. The molecule has 0 aliphatic carbocycles. The Morgan fingerprint density at radius 1 is 1.00 bits per heavy atom. The first-order valence-electron chi connectivity index (χ1n) is 6.54. The largest absolute Gasteiger partial charge is 0.328 e. The zero-order valence-electron chi connectivity index (χ0n) is 11.7. The highest BCUT2D eigenvalue weighted by Crippen LogP contribution is 2.32. The molecule has 3 rings (SSSR count). The van der Waals surface area contributed by atoms with Gasteiger partial charge in [-0.05, 0) is 35.4 Å². The van der Waals surface area contributed by atoms with Gasteiger partial charge < -0.3 is 0 Å². The Bertz CT molecular complexity index is 882. The first-order valence-corrected chi connectivity index (χ1v) is 7.45. The molecule has 1 atom stereocenters. The minimum Gasteiger partial charge on any atom is -0.295 e. The fourth-order valence-corrected chi connectivity index (χ4v) is 3.11. The first-order chi connectivity index (χ1) is 9.99. The van der Waals surface area contributed by atoms with Crippen molar-refractivity contribution >= 4 is 27.0 Å². The first kappa shape index (κ1) is 14.1. The summed E-state index contributed by atoms with van der Waals surface area (Å²) in [5.41, 5.74) is 3.51. The van der Waals surface area contributed by atoms with Crippen LogP contribution in [0.3, 0.4) is 0 Å². The van der Waals surface area contributed by atoms with Gasteiger partial charge in [-0.2, -0.15) is 0 Å². The Morgan fingerprint density at radius 2 is 1.67 bits per heavy atom. The van der Waals surface area contributed by atoms with Crippen LogP contribution in [0.2, 0.25) is 0 Å². The molecule has 0 bridgehead atoms. The molecule has 0 aliphatic rings. The summed E-state index contributed by atoms with van der Waals surface area (Å²) in [6.07, 6.45) is 0. The third-order valence-electron chi connectivity index (χ3n) is 3.73. The van der Waals surface area contributed by atoms with Gasteiger partial charge in [0.1, 0.15) is 5.82 Å². The normalized spacial score (nSPS) is 12.8. The van der Waals surface area contributed by atoms with Crippen LogP contribution in [0.25, 0.3) is 11.0 Å². The van der Waals surface area contributed by atoms with Gasteiger partial charge in [0.25, 0.3) is 0 Å². The molecule has 0 N–H and O–H groups in total. The Labute approximate surface area is 129 Å². The molecule has 1 heterocycles. The third-order valence-corrected chi connectivity index (χ3v) is 4.79. The number of hydrogen-bond acceptors (Lipinski definition) is 1. The molecule has 3 aromatic rings. The molecule has 3 nitrogen and oxygen atoms in total. The summed E-state index contributed by atoms with van der Waals surface area (Å²) < 4.78 is 16.6. The maximum atomic E-state index is 13.3. The molecule has 21 heavy (non-hydrogen) atoms. The summed E-state index contributed by atoms with van der Waals surface area (Å²) in [6.45, 7) is 0. The second kappa shape index (κ2) is 5.15. The lowest BCUT2D eigenvalue weighted by molar-refractivity contribution is 0.626. The zero-order chi connectivity index (χ0) is 15.1. The van der Waals surface area contributed by atoms with E-state index in [-0.39, 0.29) is 16.3 Å². The molecule has 0 amide bonds. The minimum absolute atomic E-state index is 0.0565. The minimum atomic E-state index is -0.259. The highest BCUT2D eigenvalue weighted by atomic mass is 79.9. The molecule has 1 unspecified atom stereocenters. The van der Waals surface area contributed by atoms with Crippen molar-refractivity contribution in [3.63, 3.8) is 0 Å². The molecule has 0 fully saturated rings. The van der Waals surface area contributed by atoms with Gasteiger partial charge >= 0.3 is 5.69 Å². The standard InChI is InChI=1S/C16H14BrFN2O/c1-19-13-7-6-11(9-14(13)20(2)16(19)21)15(17)10-4-3-5-12(18)8-10/h3-9,15H,1-2H3. The molecule has 108 valence electrons. The van der Waals surface area contributed by atoms with Gasteiger partial charge in [-0.3, -0.25) is 9.13 Å².